The standard InChI is InChI=1S/C12H22N4O/c1-2-7-16-12(14-9-15-16)8-11(17)10-5-3-4-6-13-10/h9-11,13,17H,2-8H2,1H3. The zero-order chi connectivity index (χ0) is 12.1. The van der Waals surface area contributed by atoms with E-state index in [-0.39, 0.29) is 12.1 Å². The lowest BCUT2D eigenvalue weighted by molar-refractivity contribution is 0.110. The van der Waals surface area contributed by atoms with Crippen LogP contribution in [0.3, 0.4) is 0 Å². The highest BCUT2D eigenvalue weighted by molar-refractivity contribution is 4.92. The number of aryl methyl sites for hydroxylation is 1. The normalized spacial score (nSPS) is 22.6. The first kappa shape index (κ1) is 12.5. The summed E-state index contributed by atoms with van der Waals surface area (Å²) in [6.45, 7) is 4.01. The molecule has 2 N–H and O–H groups in total. The number of hydrogen-bond donors (Lipinski definition) is 2. The van der Waals surface area contributed by atoms with E-state index in [9.17, 15) is 5.11 Å². The first-order chi connectivity index (χ1) is 8.31. The van der Waals surface area contributed by atoms with Crippen molar-refractivity contribution < 1.29 is 5.11 Å². The number of aliphatic hydroxyl groups excluding tert-OH is 1. The Labute approximate surface area is 102 Å². The Kier molecular flexibility index (Phi) is 4.50. The fourth-order valence-corrected chi connectivity index (χ4v) is 2.38. The Hall–Kier alpha value is -0.940. The summed E-state index contributed by atoms with van der Waals surface area (Å²) < 4.78 is 1.89. The van der Waals surface area contributed by atoms with Gasteiger partial charge in [0, 0.05) is 19.0 Å². The van der Waals surface area contributed by atoms with Crippen LogP contribution in [0.1, 0.15) is 38.4 Å². The summed E-state index contributed by atoms with van der Waals surface area (Å²) in [4.78, 5) is 4.23. The van der Waals surface area contributed by atoms with Crippen LogP contribution in [0.2, 0.25) is 0 Å². The van der Waals surface area contributed by atoms with E-state index in [1.807, 2.05) is 4.68 Å². The van der Waals surface area contributed by atoms with Crippen LogP contribution in [-0.2, 0) is 13.0 Å². The fourth-order valence-electron chi connectivity index (χ4n) is 2.38. The third-order valence-electron chi connectivity index (χ3n) is 3.34. The molecule has 0 aromatic carbocycles. The predicted octanol–water partition coefficient (Wildman–Crippen LogP) is 0.734. The lowest BCUT2D eigenvalue weighted by Crippen LogP contribution is -2.44. The number of hydrogen-bond acceptors (Lipinski definition) is 4. The first-order valence-electron chi connectivity index (χ1n) is 6.59. The van der Waals surface area contributed by atoms with Gasteiger partial charge in [-0.15, -0.1) is 0 Å². The van der Waals surface area contributed by atoms with Crippen molar-refractivity contribution in [2.24, 2.45) is 0 Å². The minimum atomic E-state index is -0.352. The number of aliphatic hydroxyl groups is 1. The van der Waals surface area contributed by atoms with Gasteiger partial charge in [-0.3, -0.25) is 4.68 Å². The van der Waals surface area contributed by atoms with E-state index in [1.54, 1.807) is 6.33 Å². The Balaban J connectivity index is 1.92. The zero-order valence-electron chi connectivity index (χ0n) is 10.5. The Morgan fingerprint density at radius 3 is 3.18 bits per heavy atom. The van der Waals surface area contributed by atoms with Gasteiger partial charge in [0.05, 0.1) is 6.10 Å². The van der Waals surface area contributed by atoms with Gasteiger partial charge in [0.15, 0.2) is 0 Å². The van der Waals surface area contributed by atoms with Crippen molar-refractivity contribution in [1.29, 1.82) is 0 Å². The van der Waals surface area contributed by atoms with Crippen LogP contribution in [-0.4, -0.2) is 38.6 Å². The molecular formula is C12H22N4O. The number of piperidine rings is 1. The largest absolute Gasteiger partial charge is 0.391 e. The summed E-state index contributed by atoms with van der Waals surface area (Å²) in [5.41, 5.74) is 0. The molecule has 2 unspecified atom stereocenters. The maximum atomic E-state index is 10.2. The van der Waals surface area contributed by atoms with E-state index < -0.39 is 0 Å². The summed E-state index contributed by atoms with van der Waals surface area (Å²) in [5, 5.41) is 17.7. The van der Waals surface area contributed by atoms with Crippen LogP contribution in [0.15, 0.2) is 6.33 Å². The molecule has 5 nitrogen and oxygen atoms in total. The second-order valence-corrected chi connectivity index (χ2v) is 4.73. The summed E-state index contributed by atoms with van der Waals surface area (Å²) in [6.07, 6.45) is 6.34. The second-order valence-electron chi connectivity index (χ2n) is 4.73. The number of nitrogens with one attached hydrogen (secondary N) is 1. The van der Waals surface area contributed by atoms with E-state index in [0.29, 0.717) is 6.42 Å². The molecular weight excluding hydrogens is 216 g/mol. The van der Waals surface area contributed by atoms with Gasteiger partial charge in [0.1, 0.15) is 12.2 Å². The van der Waals surface area contributed by atoms with Gasteiger partial charge in [-0.2, -0.15) is 5.10 Å². The van der Waals surface area contributed by atoms with Gasteiger partial charge in [-0.05, 0) is 25.8 Å². The van der Waals surface area contributed by atoms with Crippen molar-refractivity contribution in [2.45, 2.75) is 57.7 Å². The highest BCUT2D eigenvalue weighted by Crippen LogP contribution is 2.13. The van der Waals surface area contributed by atoms with Crippen molar-refractivity contribution in [3.8, 4) is 0 Å². The van der Waals surface area contributed by atoms with Gasteiger partial charge < -0.3 is 10.4 Å². The van der Waals surface area contributed by atoms with Crippen LogP contribution in [0.5, 0.6) is 0 Å². The zero-order valence-corrected chi connectivity index (χ0v) is 10.5. The molecule has 0 amide bonds. The lowest BCUT2D eigenvalue weighted by Gasteiger charge is -2.27. The fraction of sp³-hybridized carbons (Fsp3) is 0.833. The molecule has 2 heterocycles. The van der Waals surface area contributed by atoms with Crippen LogP contribution in [0.4, 0.5) is 0 Å². The van der Waals surface area contributed by atoms with Crippen molar-refractivity contribution >= 4 is 0 Å². The Morgan fingerprint density at radius 1 is 1.59 bits per heavy atom. The van der Waals surface area contributed by atoms with Crippen molar-refractivity contribution in [3.05, 3.63) is 12.2 Å². The molecule has 1 aliphatic rings. The van der Waals surface area contributed by atoms with Gasteiger partial charge in [0.2, 0.25) is 0 Å². The molecule has 1 fully saturated rings. The quantitative estimate of drug-likeness (QED) is 0.794. The maximum absolute atomic E-state index is 10.2. The second kappa shape index (κ2) is 6.12. The molecule has 5 heteroatoms. The van der Waals surface area contributed by atoms with Crippen molar-refractivity contribution in [2.75, 3.05) is 6.54 Å². The molecule has 2 rings (SSSR count). The molecule has 1 aromatic heterocycles. The molecule has 0 spiro atoms. The molecule has 1 aromatic rings. The topological polar surface area (TPSA) is 63.0 Å². The molecule has 2 atom stereocenters. The number of rotatable bonds is 5. The summed E-state index contributed by atoms with van der Waals surface area (Å²) in [7, 11) is 0. The molecule has 0 radical (unpaired) electrons. The first-order valence-corrected chi connectivity index (χ1v) is 6.59. The van der Waals surface area contributed by atoms with Crippen molar-refractivity contribution in [1.82, 2.24) is 20.1 Å². The van der Waals surface area contributed by atoms with E-state index >= 15 is 0 Å². The monoisotopic (exact) mass is 238 g/mol. The number of nitrogens with zero attached hydrogens (tertiary/aromatic N) is 3. The minimum Gasteiger partial charge on any atom is -0.391 e. The van der Waals surface area contributed by atoms with E-state index in [1.165, 1.54) is 12.8 Å². The molecule has 1 aliphatic heterocycles. The van der Waals surface area contributed by atoms with Gasteiger partial charge in [0.25, 0.3) is 0 Å². The van der Waals surface area contributed by atoms with E-state index in [2.05, 4.69) is 22.3 Å². The predicted molar refractivity (Wildman–Crippen MR) is 65.7 cm³/mol. The van der Waals surface area contributed by atoms with Gasteiger partial charge in [-0.25, -0.2) is 4.98 Å². The van der Waals surface area contributed by atoms with Crippen LogP contribution in [0.25, 0.3) is 0 Å². The lowest BCUT2D eigenvalue weighted by atomic mass is 9.98. The molecule has 17 heavy (non-hydrogen) atoms. The average Bonchev–Trinajstić information content (AvgIpc) is 2.78. The summed E-state index contributed by atoms with van der Waals surface area (Å²) in [6, 6.07) is 0.218. The molecule has 0 saturated carbocycles. The Bertz CT molecular complexity index is 333. The van der Waals surface area contributed by atoms with E-state index in [0.717, 1.165) is 31.8 Å². The van der Waals surface area contributed by atoms with Crippen molar-refractivity contribution in [3.63, 3.8) is 0 Å². The average molecular weight is 238 g/mol. The summed E-state index contributed by atoms with van der Waals surface area (Å²) >= 11 is 0. The third-order valence-corrected chi connectivity index (χ3v) is 3.34. The highest BCUT2D eigenvalue weighted by atomic mass is 16.3. The van der Waals surface area contributed by atoms with Gasteiger partial charge >= 0.3 is 0 Å². The highest BCUT2D eigenvalue weighted by Gasteiger charge is 2.22. The Morgan fingerprint density at radius 2 is 2.47 bits per heavy atom. The molecule has 0 aliphatic carbocycles. The molecule has 0 bridgehead atoms. The van der Waals surface area contributed by atoms with E-state index in [4.69, 9.17) is 0 Å². The summed E-state index contributed by atoms with van der Waals surface area (Å²) in [5.74, 6) is 0.895. The SMILES string of the molecule is CCCn1ncnc1CC(O)C1CCCCN1. The van der Waals surface area contributed by atoms with Crippen LogP contribution in [0, 0.1) is 0 Å². The van der Waals surface area contributed by atoms with Gasteiger partial charge in [-0.1, -0.05) is 13.3 Å². The number of aromatic nitrogens is 3. The third kappa shape index (κ3) is 3.26. The minimum absolute atomic E-state index is 0.218. The molecule has 96 valence electrons. The van der Waals surface area contributed by atoms with Crippen LogP contribution >= 0.6 is 0 Å². The van der Waals surface area contributed by atoms with Crippen LogP contribution < -0.4 is 5.32 Å². The smallest absolute Gasteiger partial charge is 0.138 e. The maximum Gasteiger partial charge on any atom is 0.138 e. The molecule has 1 saturated heterocycles.